The summed E-state index contributed by atoms with van der Waals surface area (Å²) in [5, 5.41) is -1.20. The molecule has 94 valence electrons. The highest BCUT2D eigenvalue weighted by Crippen LogP contribution is 2.19. The molecular weight excluding hydrogens is 240 g/mol. The zero-order chi connectivity index (χ0) is 13.1. The monoisotopic (exact) mass is 256 g/mol. The smallest absolute Gasteiger partial charge is 0.429 e. The quantitative estimate of drug-likeness (QED) is 0.780. The molecule has 1 aromatic rings. The molecule has 0 fully saturated rings. The molecule has 0 amide bonds. The average Bonchev–Trinajstić information content (AvgIpc) is 2.29. The maximum Gasteiger partial charge on any atom is 0.429 e. The molecule has 17 heavy (non-hydrogen) atoms. The van der Waals surface area contributed by atoms with Gasteiger partial charge in [-0.2, -0.15) is 0 Å². The van der Waals surface area contributed by atoms with Gasteiger partial charge in [0.05, 0.1) is 11.5 Å². The number of hydrogen-bond donors (Lipinski definition) is 0. The molecule has 0 aliphatic heterocycles. The van der Waals surface area contributed by atoms with Crippen LogP contribution in [0.1, 0.15) is 32.3 Å². The van der Waals surface area contributed by atoms with Gasteiger partial charge in [0.2, 0.25) is 0 Å². The molecule has 5 heteroatoms. The van der Waals surface area contributed by atoms with Crippen LogP contribution in [-0.2, 0) is 14.6 Å². The lowest BCUT2D eigenvalue weighted by Crippen LogP contribution is -2.16. The van der Waals surface area contributed by atoms with Gasteiger partial charge in [-0.1, -0.05) is 26.0 Å². The van der Waals surface area contributed by atoms with Crippen LogP contribution in [0.25, 0.3) is 0 Å². The highest BCUT2D eigenvalue weighted by molar-refractivity contribution is 8.05. The largest absolute Gasteiger partial charge is 0.454 e. The molecule has 0 aromatic heterocycles. The Labute approximate surface area is 102 Å². The van der Waals surface area contributed by atoms with Crippen LogP contribution in [0.4, 0.5) is 4.79 Å². The molecule has 4 nitrogen and oxygen atoms in total. The summed E-state index contributed by atoms with van der Waals surface area (Å²) in [4.78, 5) is 11.2. The standard InChI is InChI=1S/C12H16O4S/c1-4-16-12(13)17(14,15)11-7-5-10(6-8-11)9(2)3/h5-9H,4H2,1-3H3. The Morgan fingerprint density at radius 3 is 2.18 bits per heavy atom. The summed E-state index contributed by atoms with van der Waals surface area (Å²) in [7, 11) is -4.00. The SMILES string of the molecule is CCOC(=O)S(=O)(=O)c1ccc(C(C)C)cc1. The second kappa shape index (κ2) is 5.31. The minimum atomic E-state index is -4.00. The van der Waals surface area contributed by atoms with Crippen molar-refractivity contribution < 1.29 is 17.9 Å². The normalized spacial score (nSPS) is 11.5. The number of rotatable bonds is 3. The lowest BCUT2D eigenvalue weighted by atomic mass is 10.0. The van der Waals surface area contributed by atoms with Crippen LogP contribution in [-0.4, -0.2) is 20.3 Å². The summed E-state index contributed by atoms with van der Waals surface area (Å²) in [6, 6.07) is 6.27. The third-order valence-corrected chi connectivity index (χ3v) is 3.79. The van der Waals surface area contributed by atoms with Crippen molar-refractivity contribution in [1.82, 2.24) is 0 Å². The van der Waals surface area contributed by atoms with Crippen molar-refractivity contribution in [2.45, 2.75) is 31.6 Å². The van der Waals surface area contributed by atoms with Crippen LogP contribution in [0.2, 0.25) is 0 Å². The van der Waals surface area contributed by atoms with Crippen molar-refractivity contribution in [3.63, 3.8) is 0 Å². The van der Waals surface area contributed by atoms with Crippen molar-refractivity contribution in [2.75, 3.05) is 6.61 Å². The van der Waals surface area contributed by atoms with E-state index in [1.165, 1.54) is 12.1 Å². The second-order valence-electron chi connectivity index (χ2n) is 3.91. The Kier molecular flexibility index (Phi) is 4.28. The van der Waals surface area contributed by atoms with Gasteiger partial charge in [-0.15, -0.1) is 0 Å². The lowest BCUT2D eigenvalue weighted by Gasteiger charge is -2.07. The first-order valence-electron chi connectivity index (χ1n) is 5.41. The number of ether oxygens (including phenoxy) is 1. The van der Waals surface area contributed by atoms with Gasteiger partial charge in [0.15, 0.2) is 0 Å². The Balaban J connectivity index is 3.04. The highest BCUT2D eigenvalue weighted by atomic mass is 32.2. The van der Waals surface area contributed by atoms with E-state index in [-0.39, 0.29) is 11.5 Å². The van der Waals surface area contributed by atoms with Gasteiger partial charge < -0.3 is 4.74 Å². The van der Waals surface area contributed by atoms with Crippen molar-refractivity contribution in [2.24, 2.45) is 0 Å². The van der Waals surface area contributed by atoms with E-state index in [4.69, 9.17) is 0 Å². The van der Waals surface area contributed by atoms with E-state index in [9.17, 15) is 13.2 Å². The average molecular weight is 256 g/mol. The Morgan fingerprint density at radius 2 is 1.76 bits per heavy atom. The van der Waals surface area contributed by atoms with Crippen LogP contribution in [0.5, 0.6) is 0 Å². The molecule has 0 spiro atoms. The van der Waals surface area contributed by atoms with Gasteiger partial charge >= 0.3 is 5.30 Å². The van der Waals surface area contributed by atoms with E-state index in [2.05, 4.69) is 4.74 Å². The van der Waals surface area contributed by atoms with Gasteiger partial charge in [-0.05, 0) is 30.5 Å². The summed E-state index contributed by atoms with van der Waals surface area (Å²) >= 11 is 0. The van der Waals surface area contributed by atoms with E-state index in [0.29, 0.717) is 5.92 Å². The predicted molar refractivity (Wildman–Crippen MR) is 64.7 cm³/mol. The first kappa shape index (κ1) is 13.7. The molecule has 0 heterocycles. The van der Waals surface area contributed by atoms with Crippen molar-refractivity contribution in [1.29, 1.82) is 0 Å². The van der Waals surface area contributed by atoms with Crippen molar-refractivity contribution >= 4 is 15.1 Å². The Morgan fingerprint density at radius 1 is 1.24 bits per heavy atom. The fraction of sp³-hybridized carbons (Fsp3) is 0.417. The molecule has 0 aliphatic rings. The molecule has 0 unspecified atom stereocenters. The topological polar surface area (TPSA) is 60.4 Å². The number of carbonyl (C=O) groups excluding carboxylic acids is 1. The molecular formula is C12H16O4S. The van der Waals surface area contributed by atoms with E-state index in [1.54, 1.807) is 19.1 Å². The molecule has 0 aliphatic carbocycles. The summed E-state index contributed by atoms with van der Waals surface area (Å²) in [6.07, 6.45) is 0. The Bertz CT molecular complexity index is 486. The van der Waals surface area contributed by atoms with E-state index >= 15 is 0 Å². The fourth-order valence-corrected chi connectivity index (χ4v) is 2.28. The molecule has 0 saturated carbocycles. The van der Waals surface area contributed by atoms with Gasteiger partial charge in [-0.3, -0.25) is 0 Å². The third-order valence-electron chi connectivity index (χ3n) is 2.34. The van der Waals surface area contributed by atoms with Gasteiger partial charge in [0, 0.05) is 0 Å². The van der Waals surface area contributed by atoms with Gasteiger partial charge in [0.25, 0.3) is 9.84 Å². The summed E-state index contributed by atoms with van der Waals surface area (Å²) in [5.41, 5.74) is 1.02. The van der Waals surface area contributed by atoms with Gasteiger partial charge in [0.1, 0.15) is 0 Å². The maximum absolute atomic E-state index is 11.7. The minimum absolute atomic E-state index is 0.0275. The predicted octanol–water partition coefficient (Wildman–Crippen LogP) is 2.74. The minimum Gasteiger partial charge on any atom is -0.454 e. The molecule has 1 aromatic carbocycles. The summed E-state index contributed by atoms with van der Waals surface area (Å²) in [6.45, 7) is 5.63. The number of hydrogen-bond acceptors (Lipinski definition) is 4. The number of benzene rings is 1. The molecule has 0 bridgehead atoms. The summed E-state index contributed by atoms with van der Waals surface area (Å²) in [5.74, 6) is 0.314. The van der Waals surface area contributed by atoms with Gasteiger partial charge in [-0.25, -0.2) is 13.2 Å². The first-order valence-corrected chi connectivity index (χ1v) is 6.89. The van der Waals surface area contributed by atoms with Crippen molar-refractivity contribution in [3.8, 4) is 0 Å². The molecule has 1 rings (SSSR count). The first-order chi connectivity index (χ1) is 7.89. The van der Waals surface area contributed by atoms with Crippen LogP contribution in [0.3, 0.4) is 0 Å². The van der Waals surface area contributed by atoms with E-state index in [0.717, 1.165) is 5.56 Å². The molecule has 0 N–H and O–H groups in total. The maximum atomic E-state index is 11.7. The van der Waals surface area contributed by atoms with E-state index < -0.39 is 15.1 Å². The van der Waals surface area contributed by atoms with Crippen molar-refractivity contribution in [3.05, 3.63) is 29.8 Å². The zero-order valence-corrected chi connectivity index (χ0v) is 11.0. The third kappa shape index (κ3) is 3.06. The zero-order valence-electron chi connectivity index (χ0n) is 10.1. The summed E-state index contributed by atoms with van der Waals surface area (Å²) < 4.78 is 28.0. The molecule has 0 radical (unpaired) electrons. The Hall–Kier alpha value is -1.36. The molecule has 0 saturated heterocycles. The van der Waals surface area contributed by atoms with Crippen LogP contribution in [0, 0.1) is 0 Å². The molecule has 0 atom stereocenters. The fourth-order valence-electron chi connectivity index (χ4n) is 1.32. The highest BCUT2D eigenvalue weighted by Gasteiger charge is 2.26. The number of sulfone groups is 1. The second-order valence-corrected chi connectivity index (χ2v) is 5.72. The number of carbonyl (C=O) groups is 1. The lowest BCUT2D eigenvalue weighted by molar-refractivity contribution is 0.178. The van der Waals surface area contributed by atoms with Crippen LogP contribution >= 0.6 is 0 Å². The van der Waals surface area contributed by atoms with E-state index in [1.807, 2.05) is 13.8 Å². The van der Waals surface area contributed by atoms with Crippen LogP contribution < -0.4 is 0 Å². The van der Waals surface area contributed by atoms with Crippen LogP contribution in [0.15, 0.2) is 29.2 Å².